The van der Waals surface area contributed by atoms with Crippen LogP contribution in [0.3, 0.4) is 0 Å². The molecule has 0 aromatic heterocycles. The number of rotatable bonds is 4. The van der Waals surface area contributed by atoms with E-state index in [1.54, 1.807) is 0 Å². The summed E-state index contributed by atoms with van der Waals surface area (Å²) in [6.07, 6.45) is -5.24. The van der Waals surface area contributed by atoms with Crippen LogP contribution in [0.4, 0.5) is 26.3 Å². The van der Waals surface area contributed by atoms with Crippen molar-refractivity contribution in [1.82, 2.24) is 0 Å². The van der Waals surface area contributed by atoms with Crippen LogP contribution in [0.5, 0.6) is 5.75 Å². The summed E-state index contributed by atoms with van der Waals surface area (Å²) in [4.78, 5) is 10.8. The minimum Gasteiger partial charge on any atom is -0.462 e. The molecule has 0 radical (unpaired) electrons. The minimum atomic E-state index is -5.24. The maximum absolute atomic E-state index is 12.6. The molecule has 1 rings (SSSR count). The fourth-order valence-electron chi connectivity index (χ4n) is 1.48. The van der Waals surface area contributed by atoms with Crippen molar-refractivity contribution >= 4 is 17.7 Å². The SMILES string of the molecule is CCOC(=O)c1c(OC(F)(F)F)ccc(C#N)c1SC(F)(F)F. The molecule has 0 heterocycles. The van der Waals surface area contributed by atoms with Crippen LogP contribution in [0.2, 0.25) is 0 Å². The molecule has 0 aliphatic rings. The van der Waals surface area contributed by atoms with Crippen molar-refractivity contribution in [1.29, 1.82) is 5.26 Å². The summed E-state index contributed by atoms with van der Waals surface area (Å²) in [6.45, 7) is 1.02. The van der Waals surface area contributed by atoms with Crippen LogP contribution >= 0.6 is 11.8 Å². The number of halogens is 6. The molecule has 0 N–H and O–H groups in total. The molecule has 11 heteroatoms. The number of carbonyl (C=O) groups is 1. The second-order valence-electron chi connectivity index (χ2n) is 3.74. The molecule has 0 atom stereocenters. The van der Waals surface area contributed by atoms with Gasteiger partial charge in [0.05, 0.1) is 17.1 Å². The van der Waals surface area contributed by atoms with Crippen LogP contribution in [-0.2, 0) is 4.74 Å². The Morgan fingerprint density at radius 3 is 2.30 bits per heavy atom. The first-order valence-electron chi connectivity index (χ1n) is 5.74. The summed E-state index contributed by atoms with van der Waals surface area (Å²) in [5.74, 6) is -2.64. The summed E-state index contributed by atoms with van der Waals surface area (Å²) in [6, 6.07) is 2.65. The summed E-state index contributed by atoms with van der Waals surface area (Å²) in [7, 11) is 0. The van der Waals surface area contributed by atoms with Crippen molar-refractivity contribution in [3.63, 3.8) is 0 Å². The Balaban J connectivity index is 3.57. The lowest BCUT2D eigenvalue weighted by Crippen LogP contribution is -2.20. The quantitative estimate of drug-likeness (QED) is 0.457. The van der Waals surface area contributed by atoms with Crippen LogP contribution in [0.25, 0.3) is 0 Å². The molecular formula is C12H7F6NO3S. The number of carbonyl (C=O) groups excluding carboxylic acids is 1. The van der Waals surface area contributed by atoms with Gasteiger partial charge in [-0.15, -0.1) is 13.2 Å². The van der Waals surface area contributed by atoms with E-state index in [1.165, 1.54) is 13.0 Å². The van der Waals surface area contributed by atoms with E-state index in [2.05, 4.69) is 9.47 Å². The number of alkyl halides is 6. The zero-order valence-corrected chi connectivity index (χ0v) is 12.0. The average molecular weight is 359 g/mol. The third kappa shape index (κ3) is 5.55. The Bertz CT molecular complexity index is 635. The van der Waals surface area contributed by atoms with Gasteiger partial charge in [0.1, 0.15) is 17.4 Å². The molecule has 0 aliphatic carbocycles. The maximum atomic E-state index is 12.6. The molecule has 0 saturated carbocycles. The molecule has 0 fully saturated rings. The van der Waals surface area contributed by atoms with Gasteiger partial charge in [0.25, 0.3) is 0 Å². The van der Waals surface area contributed by atoms with E-state index in [0.717, 1.165) is 0 Å². The third-order valence-corrected chi connectivity index (χ3v) is 3.02. The van der Waals surface area contributed by atoms with Gasteiger partial charge in [0.15, 0.2) is 0 Å². The molecule has 126 valence electrons. The maximum Gasteiger partial charge on any atom is 0.573 e. The topological polar surface area (TPSA) is 59.3 Å². The van der Waals surface area contributed by atoms with Gasteiger partial charge in [-0.25, -0.2) is 4.79 Å². The first-order valence-corrected chi connectivity index (χ1v) is 6.56. The molecule has 0 spiro atoms. The molecule has 0 bridgehead atoms. The zero-order valence-electron chi connectivity index (χ0n) is 11.2. The highest BCUT2D eigenvalue weighted by atomic mass is 32.2. The molecule has 23 heavy (non-hydrogen) atoms. The van der Waals surface area contributed by atoms with Gasteiger partial charge in [-0.2, -0.15) is 18.4 Å². The standard InChI is InChI=1S/C12H7F6NO3S/c1-2-21-10(20)8-7(22-11(13,14)15)4-3-6(5-19)9(8)23-12(16,17)18/h3-4H,2H2,1H3. The lowest BCUT2D eigenvalue weighted by Gasteiger charge is -2.17. The van der Waals surface area contributed by atoms with Crippen molar-refractivity contribution in [2.45, 2.75) is 23.7 Å². The van der Waals surface area contributed by atoms with Gasteiger partial charge in [-0.05, 0) is 30.8 Å². The average Bonchev–Trinajstić information content (AvgIpc) is 2.35. The molecule has 0 saturated heterocycles. The minimum absolute atomic E-state index is 0.294. The summed E-state index contributed by atoms with van der Waals surface area (Å²) < 4.78 is 82.9. The number of esters is 1. The van der Waals surface area contributed by atoms with Gasteiger partial charge in [0.2, 0.25) is 0 Å². The Kier molecular flexibility index (Phi) is 5.76. The van der Waals surface area contributed by atoms with E-state index in [4.69, 9.17) is 5.26 Å². The van der Waals surface area contributed by atoms with Gasteiger partial charge in [-0.3, -0.25) is 0 Å². The van der Waals surface area contributed by atoms with E-state index in [9.17, 15) is 31.1 Å². The number of benzene rings is 1. The highest BCUT2D eigenvalue weighted by molar-refractivity contribution is 8.00. The van der Waals surface area contributed by atoms with Crippen molar-refractivity contribution < 1.29 is 40.6 Å². The number of nitrogens with zero attached hydrogens (tertiary/aromatic N) is 1. The first-order chi connectivity index (χ1) is 10.5. The fraction of sp³-hybridized carbons (Fsp3) is 0.333. The summed E-state index contributed by atoms with van der Waals surface area (Å²) in [5, 5.41) is 8.83. The van der Waals surface area contributed by atoms with E-state index >= 15 is 0 Å². The molecule has 0 unspecified atom stereocenters. The van der Waals surface area contributed by atoms with E-state index < -0.39 is 51.4 Å². The molecule has 4 nitrogen and oxygen atoms in total. The van der Waals surface area contributed by atoms with E-state index in [-0.39, 0.29) is 6.61 Å². The van der Waals surface area contributed by atoms with Crippen LogP contribution in [0.1, 0.15) is 22.8 Å². The largest absolute Gasteiger partial charge is 0.573 e. The molecular weight excluding hydrogens is 352 g/mol. The van der Waals surface area contributed by atoms with Gasteiger partial charge >= 0.3 is 17.8 Å². The Morgan fingerprint density at radius 1 is 1.26 bits per heavy atom. The third-order valence-electron chi connectivity index (χ3n) is 2.16. The smallest absolute Gasteiger partial charge is 0.462 e. The zero-order chi connectivity index (χ0) is 17.8. The Hall–Kier alpha value is -2.09. The van der Waals surface area contributed by atoms with Crippen LogP contribution < -0.4 is 4.74 Å². The second-order valence-corrected chi connectivity index (χ2v) is 4.82. The van der Waals surface area contributed by atoms with E-state index in [0.29, 0.717) is 12.1 Å². The first kappa shape index (κ1) is 19.0. The number of thioether (sulfide) groups is 1. The number of hydrogen-bond acceptors (Lipinski definition) is 5. The molecule has 1 aromatic carbocycles. The predicted octanol–water partition coefficient (Wildman–Crippen LogP) is 4.25. The van der Waals surface area contributed by atoms with Crippen LogP contribution in [-0.4, -0.2) is 24.4 Å². The highest BCUT2D eigenvalue weighted by Gasteiger charge is 2.38. The van der Waals surface area contributed by atoms with Gasteiger partial charge < -0.3 is 9.47 Å². The summed E-state index contributed by atoms with van der Waals surface area (Å²) >= 11 is -0.898. The van der Waals surface area contributed by atoms with Crippen molar-refractivity contribution in [2.24, 2.45) is 0 Å². The lowest BCUT2D eigenvalue weighted by atomic mass is 10.1. The Morgan fingerprint density at radius 2 is 1.87 bits per heavy atom. The van der Waals surface area contributed by atoms with Gasteiger partial charge in [-0.1, -0.05) is 0 Å². The monoisotopic (exact) mass is 359 g/mol. The van der Waals surface area contributed by atoms with Crippen LogP contribution in [0, 0.1) is 11.3 Å². The van der Waals surface area contributed by atoms with E-state index in [1.807, 2.05) is 0 Å². The molecule has 0 amide bonds. The summed E-state index contributed by atoms with van der Waals surface area (Å²) in [5.41, 5.74) is -6.68. The predicted molar refractivity (Wildman–Crippen MR) is 65.7 cm³/mol. The lowest BCUT2D eigenvalue weighted by molar-refractivity contribution is -0.274. The number of hydrogen-bond donors (Lipinski definition) is 0. The number of ether oxygens (including phenoxy) is 2. The normalized spacial score (nSPS) is 11.7. The molecule has 1 aromatic rings. The fourth-order valence-corrected chi connectivity index (χ4v) is 2.22. The van der Waals surface area contributed by atoms with Crippen molar-refractivity contribution in [3.8, 4) is 11.8 Å². The van der Waals surface area contributed by atoms with Gasteiger partial charge in [0, 0.05) is 0 Å². The van der Waals surface area contributed by atoms with Crippen LogP contribution in [0.15, 0.2) is 17.0 Å². The second kappa shape index (κ2) is 6.99. The highest BCUT2D eigenvalue weighted by Crippen LogP contribution is 2.44. The Labute approximate surface area is 130 Å². The van der Waals surface area contributed by atoms with Crippen molar-refractivity contribution in [2.75, 3.05) is 6.61 Å². The molecule has 0 aliphatic heterocycles. The van der Waals surface area contributed by atoms with Crippen molar-refractivity contribution in [3.05, 3.63) is 23.3 Å². The number of nitriles is 1.